The van der Waals surface area contributed by atoms with E-state index in [1.54, 1.807) is 0 Å². The van der Waals surface area contributed by atoms with Crippen molar-refractivity contribution in [3.8, 4) is 0 Å². The van der Waals surface area contributed by atoms with Gasteiger partial charge in [-0.15, -0.1) is 0 Å². The summed E-state index contributed by atoms with van der Waals surface area (Å²) in [5.74, 6) is 0. The zero-order valence-electron chi connectivity index (χ0n) is 7.59. The van der Waals surface area contributed by atoms with Gasteiger partial charge >= 0.3 is 0 Å². The predicted octanol–water partition coefficient (Wildman–Crippen LogP) is 2.23. The minimum absolute atomic E-state index is 0.187. The normalized spacial score (nSPS) is 30.1. The maximum absolute atomic E-state index is 6.20. The molecule has 1 unspecified atom stereocenters. The second-order valence-corrected chi connectivity index (χ2v) is 3.96. The number of hydrogen-bond acceptors (Lipinski definition) is 1. The van der Waals surface area contributed by atoms with E-state index < -0.39 is 0 Å². The van der Waals surface area contributed by atoms with Crippen molar-refractivity contribution in [2.75, 3.05) is 0 Å². The summed E-state index contributed by atoms with van der Waals surface area (Å²) in [7, 11) is 0. The van der Waals surface area contributed by atoms with Crippen LogP contribution in [-0.2, 0) is 0 Å². The SMILES string of the molecule is NC1C2=CC=CC2=CC2=C1CCC2. The van der Waals surface area contributed by atoms with Gasteiger partial charge in [-0.25, -0.2) is 0 Å². The molecule has 0 aliphatic heterocycles. The fourth-order valence-electron chi connectivity index (χ4n) is 2.55. The fraction of sp³-hybridized carbons (Fsp3) is 0.333. The van der Waals surface area contributed by atoms with Crippen LogP contribution in [0.4, 0.5) is 0 Å². The summed E-state index contributed by atoms with van der Waals surface area (Å²) < 4.78 is 0. The lowest BCUT2D eigenvalue weighted by Gasteiger charge is -2.22. The third-order valence-corrected chi connectivity index (χ3v) is 3.23. The van der Waals surface area contributed by atoms with Crippen LogP contribution in [0.25, 0.3) is 0 Å². The Hall–Kier alpha value is -1.08. The van der Waals surface area contributed by atoms with E-state index in [0.717, 1.165) is 0 Å². The van der Waals surface area contributed by atoms with Gasteiger partial charge in [-0.1, -0.05) is 24.3 Å². The van der Waals surface area contributed by atoms with Gasteiger partial charge in [-0.3, -0.25) is 0 Å². The highest BCUT2D eigenvalue weighted by atomic mass is 14.7. The molecule has 0 radical (unpaired) electrons. The first kappa shape index (κ1) is 7.34. The molecule has 0 aromatic rings. The molecular weight excluding hydrogens is 158 g/mol. The molecule has 0 saturated heterocycles. The van der Waals surface area contributed by atoms with Crippen molar-refractivity contribution < 1.29 is 0 Å². The molecule has 0 aromatic heterocycles. The lowest BCUT2D eigenvalue weighted by atomic mass is 9.87. The summed E-state index contributed by atoms with van der Waals surface area (Å²) in [4.78, 5) is 0. The van der Waals surface area contributed by atoms with Crippen molar-refractivity contribution >= 4 is 0 Å². The van der Waals surface area contributed by atoms with Gasteiger partial charge in [-0.05, 0) is 41.6 Å². The zero-order chi connectivity index (χ0) is 8.84. The predicted molar refractivity (Wildman–Crippen MR) is 54.2 cm³/mol. The maximum atomic E-state index is 6.20. The summed E-state index contributed by atoms with van der Waals surface area (Å²) in [6.45, 7) is 0. The van der Waals surface area contributed by atoms with Crippen LogP contribution in [-0.4, -0.2) is 6.04 Å². The minimum atomic E-state index is 0.187. The summed E-state index contributed by atoms with van der Waals surface area (Å²) in [6.07, 6.45) is 12.5. The monoisotopic (exact) mass is 171 g/mol. The molecule has 0 aromatic carbocycles. The topological polar surface area (TPSA) is 26.0 Å². The van der Waals surface area contributed by atoms with Crippen LogP contribution in [0.1, 0.15) is 19.3 Å². The van der Waals surface area contributed by atoms with Crippen molar-refractivity contribution in [2.45, 2.75) is 25.3 Å². The van der Waals surface area contributed by atoms with Gasteiger partial charge in [0.2, 0.25) is 0 Å². The van der Waals surface area contributed by atoms with Crippen LogP contribution in [0.5, 0.6) is 0 Å². The summed E-state index contributed by atoms with van der Waals surface area (Å²) in [6, 6.07) is 0.187. The van der Waals surface area contributed by atoms with Crippen molar-refractivity contribution in [1.82, 2.24) is 0 Å². The average molecular weight is 171 g/mol. The van der Waals surface area contributed by atoms with Gasteiger partial charge in [-0.2, -0.15) is 0 Å². The molecule has 0 amide bonds. The Kier molecular flexibility index (Phi) is 1.39. The quantitative estimate of drug-likeness (QED) is 0.594. The van der Waals surface area contributed by atoms with Crippen LogP contribution in [0.2, 0.25) is 0 Å². The van der Waals surface area contributed by atoms with E-state index in [0.29, 0.717) is 0 Å². The number of rotatable bonds is 0. The standard InChI is InChI=1S/C12H13N/c13-12-10-5-1-3-8(10)7-9-4-2-6-11(9)12/h1,3,5,7,12H,2,4,6,13H2. The molecule has 66 valence electrons. The first-order valence-corrected chi connectivity index (χ1v) is 4.94. The van der Waals surface area contributed by atoms with Crippen LogP contribution < -0.4 is 5.73 Å². The molecule has 0 heterocycles. The molecule has 0 bridgehead atoms. The van der Waals surface area contributed by atoms with Crippen LogP contribution in [0, 0.1) is 0 Å². The lowest BCUT2D eigenvalue weighted by molar-refractivity contribution is 0.821. The largest absolute Gasteiger partial charge is 0.321 e. The molecule has 0 spiro atoms. The van der Waals surface area contributed by atoms with Gasteiger partial charge in [0, 0.05) is 0 Å². The number of hydrogen-bond donors (Lipinski definition) is 1. The highest BCUT2D eigenvalue weighted by Crippen LogP contribution is 2.39. The third-order valence-electron chi connectivity index (χ3n) is 3.23. The molecule has 3 rings (SSSR count). The van der Waals surface area contributed by atoms with E-state index in [4.69, 9.17) is 5.73 Å². The Balaban J connectivity index is 2.13. The Bertz CT molecular complexity index is 380. The second kappa shape index (κ2) is 2.46. The maximum Gasteiger partial charge on any atom is 0.0522 e. The van der Waals surface area contributed by atoms with Gasteiger partial charge < -0.3 is 5.73 Å². The van der Waals surface area contributed by atoms with Crippen molar-refractivity contribution in [1.29, 1.82) is 0 Å². The average Bonchev–Trinajstić information content (AvgIpc) is 2.71. The molecule has 3 aliphatic rings. The number of nitrogens with two attached hydrogens (primary N) is 1. The highest BCUT2D eigenvalue weighted by Gasteiger charge is 2.27. The molecule has 1 nitrogen and oxygen atoms in total. The van der Waals surface area contributed by atoms with E-state index in [9.17, 15) is 0 Å². The fourth-order valence-corrected chi connectivity index (χ4v) is 2.55. The van der Waals surface area contributed by atoms with E-state index in [1.807, 2.05) is 0 Å². The molecule has 13 heavy (non-hydrogen) atoms. The van der Waals surface area contributed by atoms with E-state index in [1.165, 1.54) is 41.6 Å². The minimum Gasteiger partial charge on any atom is -0.321 e. The smallest absolute Gasteiger partial charge is 0.0522 e. The third kappa shape index (κ3) is 0.909. The van der Waals surface area contributed by atoms with Crippen LogP contribution in [0.15, 0.2) is 46.6 Å². The molecule has 2 N–H and O–H groups in total. The van der Waals surface area contributed by atoms with E-state index in [-0.39, 0.29) is 6.04 Å². The Morgan fingerprint density at radius 2 is 2.23 bits per heavy atom. The number of fused-ring (bicyclic) bond motifs is 1. The first-order valence-electron chi connectivity index (χ1n) is 4.94. The molecule has 3 aliphatic carbocycles. The molecule has 1 atom stereocenters. The molecule has 0 saturated carbocycles. The van der Waals surface area contributed by atoms with E-state index >= 15 is 0 Å². The van der Waals surface area contributed by atoms with Crippen LogP contribution >= 0.6 is 0 Å². The summed E-state index contributed by atoms with van der Waals surface area (Å²) in [5.41, 5.74) is 11.8. The van der Waals surface area contributed by atoms with Crippen molar-refractivity contribution in [3.05, 3.63) is 46.6 Å². The van der Waals surface area contributed by atoms with Crippen LogP contribution in [0.3, 0.4) is 0 Å². The van der Waals surface area contributed by atoms with Gasteiger partial charge in [0.25, 0.3) is 0 Å². The lowest BCUT2D eigenvalue weighted by Crippen LogP contribution is -2.27. The highest BCUT2D eigenvalue weighted by molar-refractivity contribution is 5.61. The summed E-state index contributed by atoms with van der Waals surface area (Å²) >= 11 is 0. The summed E-state index contributed by atoms with van der Waals surface area (Å²) in [5, 5.41) is 0. The molecule has 0 fully saturated rings. The van der Waals surface area contributed by atoms with Crippen molar-refractivity contribution in [3.63, 3.8) is 0 Å². The van der Waals surface area contributed by atoms with Gasteiger partial charge in [0.1, 0.15) is 0 Å². The molecular formula is C12H13N. The Labute approximate surface area is 78.3 Å². The molecule has 1 heteroatoms. The van der Waals surface area contributed by atoms with E-state index in [2.05, 4.69) is 24.3 Å². The van der Waals surface area contributed by atoms with Gasteiger partial charge in [0.05, 0.1) is 6.04 Å². The van der Waals surface area contributed by atoms with Gasteiger partial charge in [0.15, 0.2) is 0 Å². The Morgan fingerprint density at radius 3 is 3.15 bits per heavy atom. The number of allylic oxidation sites excluding steroid dienone is 5. The zero-order valence-corrected chi connectivity index (χ0v) is 7.59. The first-order chi connectivity index (χ1) is 6.36. The second-order valence-electron chi connectivity index (χ2n) is 3.96. The van der Waals surface area contributed by atoms with Crippen molar-refractivity contribution in [2.24, 2.45) is 5.73 Å². The Morgan fingerprint density at radius 1 is 1.31 bits per heavy atom.